The van der Waals surface area contributed by atoms with Gasteiger partial charge < -0.3 is 15.0 Å². The lowest BCUT2D eigenvalue weighted by Crippen LogP contribution is -2.32. The first-order valence-electron chi connectivity index (χ1n) is 11.2. The predicted molar refractivity (Wildman–Crippen MR) is 141 cm³/mol. The summed E-state index contributed by atoms with van der Waals surface area (Å²) in [5.41, 5.74) is 6.47. The maximum atomic E-state index is 14.1. The number of carbonyl (C=O) groups excluding carboxylic acids is 2. The molecule has 0 saturated carbocycles. The number of Topliss-reactive ketones (excluding diaryl/α,β-unsaturated/α-hetero) is 1. The molecule has 3 heterocycles. The zero-order chi connectivity index (χ0) is 27.4. The Labute approximate surface area is 225 Å². The summed E-state index contributed by atoms with van der Waals surface area (Å²) in [5.74, 6) is -1.87. The molecule has 1 aromatic carbocycles. The van der Waals surface area contributed by atoms with Crippen molar-refractivity contribution in [3.05, 3.63) is 103 Å². The van der Waals surface area contributed by atoms with E-state index >= 15 is 0 Å². The van der Waals surface area contributed by atoms with Gasteiger partial charge in [0.05, 0.1) is 31.0 Å². The number of hydrogen-bond donors (Lipinski definition) is 1. The second-order valence-electron chi connectivity index (χ2n) is 8.28. The van der Waals surface area contributed by atoms with Gasteiger partial charge in [-0.05, 0) is 42.0 Å². The number of primary amides is 1. The normalized spacial score (nSPS) is 11.5. The minimum absolute atomic E-state index is 0.140. The fourth-order valence-electron chi connectivity index (χ4n) is 4.05. The van der Waals surface area contributed by atoms with Crippen molar-refractivity contribution in [2.45, 2.75) is 18.9 Å². The Morgan fingerprint density at radius 3 is 2.58 bits per heavy atom. The van der Waals surface area contributed by atoms with Gasteiger partial charge in [0.15, 0.2) is 5.78 Å². The smallest absolute Gasteiger partial charge is 0.261 e. The summed E-state index contributed by atoms with van der Waals surface area (Å²) in [4.78, 5) is 42.4. The van der Waals surface area contributed by atoms with Crippen LogP contribution in [0.25, 0.3) is 11.1 Å². The minimum Gasteiger partial charge on any atom is -0.495 e. The summed E-state index contributed by atoms with van der Waals surface area (Å²) < 4.78 is 20.9. The van der Waals surface area contributed by atoms with Gasteiger partial charge in [-0.2, -0.15) is 5.26 Å². The number of ketones is 1. The molecule has 1 atom stereocenters. The highest BCUT2D eigenvalue weighted by Crippen LogP contribution is 2.34. The number of methoxy groups -OCH3 is 1. The monoisotopic (exact) mass is 550 g/mol. The summed E-state index contributed by atoms with van der Waals surface area (Å²) >= 11 is 6.94. The first-order valence-corrected chi connectivity index (χ1v) is 12.4. The van der Waals surface area contributed by atoms with E-state index in [0.29, 0.717) is 26.6 Å². The van der Waals surface area contributed by atoms with Gasteiger partial charge in [-0.1, -0.05) is 11.6 Å². The number of nitriles is 1. The van der Waals surface area contributed by atoms with Crippen LogP contribution >= 0.6 is 22.9 Å². The van der Waals surface area contributed by atoms with Gasteiger partial charge in [-0.25, -0.2) is 4.39 Å². The number of nitrogens with zero attached hydrogens (tertiary/aromatic N) is 3. The molecule has 2 N–H and O–H groups in total. The summed E-state index contributed by atoms with van der Waals surface area (Å²) in [6.07, 6.45) is 4.46. The van der Waals surface area contributed by atoms with E-state index < -0.39 is 29.1 Å². The molecule has 0 fully saturated rings. The van der Waals surface area contributed by atoms with E-state index in [1.807, 2.05) is 0 Å². The molecule has 38 heavy (non-hydrogen) atoms. The average Bonchev–Trinajstić information content (AvgIpc) is 3.27. The van der Waals surface area contributed by atoms with Gasteiger partial charge in [0.1, 0.15) is 16.4 Å². The number of amides is 1. The number of aromatic nitrogens is 2. The third-order valence-electron chi connectivity index (χ3n) is 5.85. The van der Waals surface area contributed by atoms with Crippen LogP contribution in [0.3, 0.4) is 0 Å². The van der Waals surface area contributed by atoms with Crippen molar-refractivity contribution in [1.82, 2.24) is 9.55 Å². The quantitative estimate of drug-likeness (QED) is 0.330. The summed E-state index contributed by atoms with van der Waals surface area (Å²) in [6.45, 7) is 0. The molecule has 1 amide bonds. The third-order valence-corrected chi connectivity index (χ3v) is 7.21. The second-order valence-corrected chi connectivity index (χ2v) is 9.85. The molecule has 0 aliphatic carbocycles. The van der Waals surface area contributed by atoms with Gasteiger partial charge in [0.2, 0.25) is 0 Å². The Hall–Kier alpha value is -4.33. The van der Waals surface area contributed by atoms with E-state index in [1.165, 1.54) is 23.9 Å². The molecule has 192 valence electrons. The topological polar surface area (TPSA) is 128 Å². The zero-order valence-electron chi connectivity index (χ0n) is 20.0. The number of hydrogen-bond acceptors (Lipinski definition) is 7. The van der Waals surface area contributed by atoms with Crippen LogP contribution in [0, 0.1) is 17.1 Å². The van der Waals surface area contributed by atoms with E-state index in [4.69, 9.17) is 22.1 Å². The highest BCUT2D eigenvalue weighted by molar-refractivity contribution is 7.14. The molecule has 0 aliphatic heterocycles. The van der Waals surface area contributed by atoms with Crippen LogP contribution in [0.4, 0.5) is 4.39 Å². The molecule has 0 spiro atoms. The Balaban J connectivity index is 1.80. The summed E-state index contributed by atoms with van der Waals surface area (Å²) in [7, 11) is 1.41. The maximum absolute atomic E-state index is 14.1. The third kappa shape index (κ3) is 5.64. The van der Waals surface area contributed by atoms with Crippen molar-refractivity contribution in [1.29, 1.82) is 5.26 Å². The molecule has 1 unspecified atom stereocenters. The van der Waals surface area contributed by atoms with Crippen LogP contribution in [-0.2, 0) is 17.6 Å². The highest BCUT2D eigenvalue weighted by atomic mass is 35.5. The molecule has 0 saturated heterocycles. The van der Waals surface area contributed by atoms with Crippen LogP contribution < -0.4 is 16.0 Å². The molecule has 4 rings (SSSR count). The first kappa shape index (κ1) is 26.7. The van der Waals surface area contributed by atoms with E-state index in [1.54, 1.807) is 42.7 Å². The molecule has 0 radical (unpaired) electrons. The number of pyridine rings is 2. The summed E-state index contributed by atoms with van der Waals surface area (Å²) in [6, 6.07) is 11.6. The van der Waals surface area contributed by atoms with Crippen molar-refractivity contribution in [2.75, 3.05) is 7.11 Å². The Morgan fingerprint density at radius 2 is 1.95 bits per heavy atom. The molecule has 0 aliphatic rings. The lowest BCUT2D eigenvalue weighted by Gasteiger charge is -2.21. The summed E-state index contributed by atoms with van der Waals surface area (Å²) in [5, 5.41) is 9.93. The minimum atomic E-state index is -0.996. The lowest BCUT2D eigenvalue weighted by molar-refractivity contribution is -0.121. The SMILES string of the molecule is COc1cn(C(Cc2ccncc2)C(=O)Cc2cc(F)c(C(N)=O)s2)c(=O)cc1-c1cc(Cl)ccc1C#N. The Bertz CT molecular complexity index is 1630. The number of carbonyl (C=O) groups is 2. The molecule has 4 aromatic rings. The standard InChI is InChI=1S/C27H20ClFN4O4S/c1-37-24-14-33(25(35)12-20(24)19-9-17(28)3-2-16(19)13-30)22(8-15-4-6-32-7-5-15)23(34)11-18-10-21(29)26(38-18)27(31)36/h2-7,9-10,12,14,22H,8,11H2,1H3,(H2,31,36). The number of nitrogens with two attached hydrogens (primary N) is 1. The fraction of sp³-hybridized carbons (Fsp3) is 0.148. The largest absolute Gasteiger partial charge is 0.495 e. The van der Waals surface area contributed by atoms with Crippen LogP contribution in [0.15, 0.2) is 65.8 Å². The van der Waals surface area contributed by atoms with Crippen LogP contribution in [0.5, 0.6) is 5.75 Å². The number of rotatable bonds is 9. The van der Waals surface area contributed by atoms with Crippen LogP contribution in [0.1, 0.15) is 31.7 Å². The predicted octanol–water partition coefficient (Wildman–Crippen LogP) is 4.34. The van der Waals surface area contributed by atoms with Gasteiger partial charge in [-0.3, -0.25) is 19.4 Å². The molecular weight excluding hydrogens is 531 g/mol. The van der Waals surface area contributed by atoms with Crippen molar-refractivity contribution in [2.24, 2.45) is 5.73 Å². The number of halogens is 2. The zero-order valence-corrected chi connectivity index (χ0v) is 21.6. The van der Waals surface area contributed by atoms with Crippen molar-refractivity contribution >= 4 is 34.6 Å². The molecule has 0 bridgehead atoms. The van der Waals surface area contributed by atoms with Gasteiger partial charge in [0.25, 0.3) is 11.5 Å². The average molecular weight is 551 g/mol. The van der Waals surface area contributed by atoms with E-state index in [2.05, 4.69) is 11.1 Å². The fourth-order valence-corrected chi connectivity index (χ4v) is 5.12. The number of benzene rings is 1. The highest BCUT2D eigenvalue weighted by Gasteiger charge is 2.26. The molecule has 11 heteroatoms. The molecular formula is C27H20ClFN4O4S. The lowest BCUT2D eigenvalue weighted by atomic mass is 9.98. The number of thiophene rings is 1. The van der Waals surface area contributed by atoms with Crippen LogP contribution in [-0.4, -0.2) is 28.4 Å². The first-order chi connectivity index (χ1) is 18.2. The van der Waals surface area contributed by atoms with Gasteiger partial charge >= 0.3 is 0 Å². The van der Waals surface area contributed by atoms with E-state index in [-0.39, 0.29) is 23.5 Å². The van der Waals surface area contributed by atoms with Crippen molar-refractivity contribution < 1.29 is 18.7 Å². The second kappa shape index (κ2) is 11.4. The van der Waals surface area contributed by atoms with Crippen molar-refractivity contribution in [3.8, 4) is 22.9 Å². The Morgan fingerprint density at radius 1 is 1.21 bits per heavy atom. The Kier molecular flexibility index (Phi) is 8.00. The maximum Gasteiger partial charge on any atom is 0.261 e. The van der Waals surface area contributed by atoms with E-state index in [9.17, 15) is 24.0 Å². The van der Waals surface area contributed by atoms with Gasteiger partial charge in [-0.15, -0.1) is 11.3 Å². The van der Waals surface area contributed by atoms with Gasteiger partial charge in [0, 0.05) is 52.3 Å². The van der Waals surface area contributed by atoms with E-state index in [0.717, 1.165) is 23.0 Å². The van der Waals surface area contributed by atoms with Crippen LogP contribution in [0.2, 0.25) is 5.02 Å². The van der Waals surface area contributed by atoms with Crippen molar-refractivity contribution in [3.63, 3.8) is 0 Å². The number of ether oxygens (including phenoxy) is 1. The molecule has 8 nitrogen and oxygen atoms in total. The molecule has 3 aromatic heterocycles.